The van der Waals surface area contributed by atoms with Crippen LogP contribution in [0.5, 0.6) is 0 Å². The highest BCUT2D eigenvalue weighted by atomic mass is 19.1. The Morgan fingerprint density at radius 1 is 1.00 bits per heavy atom. The van der Waals surface area contributed by atoms with E-state index in [4.69, 9.17) is 0 Å². The quantitative estimate of drug-likeness (QED) is 0.866. The van der Waals surface area contributed by atoms with Crippen LogP contribution in [0.2, 0.25) is 0 Å². The first-order valence-corrected chi connectivity index (χ1v) is 7.69. The molecular weight excluding hydrogens is 261 g/mol. The van der Waals surface area contributed by atoms with Crippen LogP contribution in [-0.4, -0.2) is 13.1 Å². The van der Waals surface area contributed by atoms with Crippen molar-refractivity contribution in [1.82, 2.24) is 5.32 Å². The van der Waals surface area contributed by atoms with E-state index in [0.717, 1.165) is 25.1 Å². The molecule has 2 heteroatoms. The largest absolute Gasteiger partial charge is 0.316 e. The van der Waals surface area contributed by atoms with Gasteiger partial charge in [-0.15, -0.1) is 0 Å². The fraction of sp³-hybridized carbons (Fsp3) is 0.368. The molecule has 0 aromatic heterocycles. The van der Waals surface area contributed by atoms with Gasteiger partial charge < -0.3 is 5.32 Å². The maximum absolute atomic E-state index is 14.2. The summed E-state index contributed by atoms with van der Waals surface area (Å²) in [4.78, 5) is 0. The molecule has 110 valence electrons. The Morgan fingerprint density at radius 2 is 1.81 bits per heavy atom. The molecule has 1 aliphatic heterocycles. The average Bonchev–Trinajstić information content (AvgIpc) is 2.51. The summed E-state index contributed by atoms with van der Waals surface area (Å²) in [6.45, 7) is 6.13. The van der Waals surface area contributed by atoms with Crippen molar-refractivity contribution in [2.45, 2.75) is 32.1 Å². The van der Waals surface area contributed by atoms with Gasteiger partial charge in [0.2, 0.25) is 0 Å². The second-order valence-electron chi connectivity index (χ2n) is 6.07. The number of hydrogen-bond donors (Lipinski definition) is 1. The van der Waals surface area contributed by atoms with E-state index in [1.54, 1.807) is 12.1 Å². The highest BCUT2D eigenvalue weighted by molar-refractivity contribution is 5.36. The maximum atomic E-state index is 14.2. The first-order valence-electron chi connectivity index (χ1n) is 7.69. The third-order valence-corrected chi connectivity index (χ3v) is 4.75. The molecule has 0 bridgehead atoms. The van der Waals surface area contributed by atoms with E-state index >= 15 is 0 Å². The van der Waals surface area contributed by atoms with Gasteiger partial charge in [-0.2, -0.15) is 0 Å². The molecule has 21 heavy (non-hydrogen) atoms. The van der Waals surface area contributed by atoms with E-state index in [1.165, 1.54) is 16.7 Å². The molecule has 1 nitrogen and oxygen atoms in total. The number of benzene rings is 2. The molecule has 2 atom stereocenters. The monoisotopic (exact) mass is 283 g/mol. The first-order chi connectivity index (χ1) is 10.2. The zero-order valence-corrected chi connectivity index (χ0v) is 12.7. The number of piperidine rings is 1. The molecule has 0 radical (unpaired) electrons. The number of halogens is 1. The molecule has 1 N–H and O–H groups in total. The first kappa shape index (κ1) is 14.3. The van der Waals surface area contributed by atoms with Crippen LogP contribution in [-0.2, 0) is 0 Å². The van der Waals surface area contributed by atoms with Gasteiger partial charge in [0, 0.05) is 12.5 Å². The minimum Gasteiger partial charge on any atom is -0.316 e. The Labute approximate surface area is 126 Å². The summed E-state index contributed by atoms with van der Waals surface area (Å²) in [7, 11) is 0. The number of hydrogen-bond acceptors (Lipinski definition) is 1. The molecule has 3 rings (SSSR count). The van der Waals surface area contributed by atoms with E-state index in [9.17, 15) is 4.39 Å². The van der Waals surface area contributed by atoms with Crippen LogP contribution in [0.3, 0.4) is 0 Å². The van der Waals surface area contributed by atoms with Gasteiger partial charge in [-0.3, -0.25) is 0 Å². The summed E-state index contributed by atoms with van der Waals surface area (Å²) in [6.07, 6.45) is 1.06. The molecule has 0 amide bonds. The molecule has 0 spiro atoms. The van der Waals surface area contributed by atoms with Crippen molar-refractivity contribution >= 4 is 0 Å². The van der Waals surface area contributed by atoms with Gasteiger partial charge in [0.1, 0.15) is 5.82 Å². The van der Waals surface area contributed by atoms with E-state index in [0.29, 0.717) is 5.92 Å². The zero-order chi connectivity index (χ0) is 14.8. The SMILES string of the molecule is Cc1ccc(C2CCNCC2c2ccccc2F)cc1C. The fourth-order valence-corrected chi connectivity index (χ4v) is 3.36. The highest BCUT2D eigenvalue weighted by Crippen LogP contribution is 2.38. The van der Waals surface area contributed by atoms with Crippen LogP contribution in [0.4, 0.5) is 4.39 Å². The molecule has 1 heterocycles. The lowest BCUT2D eigenvalue weighted by Crippen LogP contribution is -2.34. The van der Waals surface area contributed by atoms with Crippen LogP contribution in [0.15, 0.2) is 42.5 Å². The van der Waals surface area contributed by atoms with Crippen LogP contribution in [0.25, 0.3) is 0 Å². The van der Waals surface area contributed by atoms with Gasteiger partial charge in [0.25, 0.3) is 0 Å². The Hall–Kier alpha value is -1.67. The van der Waals surface area contributed by atoms with Gasteiger partial charge in [-0.25, -0.2) is 4.39 Å². The third-order valence-electron chi connectivity index (χ3n) is 4.75. The minimum absolute atomic E-state index is 0.0833. The number of nitrogens with one attached hydrogen (secondary N) is 1. The minimum atomic E-state index is -0.0833. The van der Waals surface area contributed by atoms with Gasteiger partial charge in [0.05, 0.1) is 0 Å². The van der Waals surface area contributed by atoms with Crippen molar-refractivity contribution < 1.29 is 4.39 Å². The Balaban J connectivity index is 1.98. The van der Waals surface area contributed by atoms with E-state index in [-0.39, 0.29) is 11.7 Å². The Morgan fingerprint density at radius 3 is 2.57 bits per heavy atom. The van der Waals surface area contributed by atoms with E-state index in [2.05, 4.69) is 37.4 Å². The molecule has 1 aliphatic rings. The maximum Gasteiger partial charge on any atom is 0.126 e. The molecule has 0 aliphatic carbocycles. The zero-order valence-electron chi connectivity index (χ0n) is 12.7. The van der Waals surface area contributed by atoms with E-state index < -0.39 is 0 Å². The molecular formula is C19H22FN. The van der Waals surface area contributed by atoms with Crippen molar-refractivity contribution in [3.05, 3.63) is 70.5 Å². The topological polar surface area (TPSA) is 12.0 Å². The smallest absolute Gasteiger partial charge is 0.126 e. The molecule has 0 saturated carbocycles. The number of aryl methyl sites for hydroxylation is 2. The van der Waals surface area contributed by atoms with Crippen molar-refractivity contribution in [3.63, 3.8) is 0 Å². The Kier molecular flexibility index (Phi) is 4.07. The van der Waals surface area contributed by atoms with Crippen molar-refractivity contribution in [2.24, 2.45) is 0 Å². The standard InChI is InChI=1S/C19H22FN/c1-13-7-8-15(11-14(13)2)16-9-10-21-12-18(16)17-5-3-4-6-19(17)20/h3-8,11,16,18,21H,9-10,12H2,1-2H3. The van der Waals surface area contributed by atoms with Gasteiger partial charge in [-0.05, 0) is 61.1 Å². The lowest BCUT2D eigenvalue weighted by molar-refractivity contribution is 0.393. The van der Waals surface area contributed by atoms with Crippen LogP contribution >= 0.6 is 0 Å². The summed E-state index contributed by atoms with van der Waals surface area (Å²) in [6, 6.07) is 13.9. The predicted molar refractivity (Wildman–Crippen MR) is 85.3 cm³/mol. The highest BCUT2D eigenvalue weighted by Gasteiger charge is 2.29. The van der Waals surface area contributed by atoms with Gasteiger partial charge >= 0.3 is 0 Å². The molecule has 2 unspecified atom stereocenters. The second kappa shape index (κ2) is 5.98. The van der Waals surface area contributed by atoms with Crippen molar-refractivity contribution in [1.29, 1.82) is 0 Å². The molecule has 1 saturated heterocycles. The lowest BCUT2D eigenvalue weighted by atomic mass is 9.77. The molecule has 2 aromatic rings. The van der Waals surface area contributed by atoms with Crippen molar-refractivity contribution in [3.8, 4) is 0 Å². The van der Waals surface area contributed by atoms with Crippen molar-refractivity contribution in [2.75, 3.05) is 13.1 Å². The summed E-state index contributed by atoms with van der Waals surface area (Å²) >= 11 is 0. The van der Waals surface area contributed by atoms with Gasteiger partial charge in [-0.1, -0.05) is 36.4 Å². The molecule has 1 fully saturated rings. The van der Waals surface area contributed by atoms with E-state index in [1.807, 2.05) is 12.1 Å². The fourth-order valence-electron chi connectivity index (χ4n) is 3.36. The summed E-state index contributed by atoms with van der Waals surface area (Å²) in [5, 5.41) is 3.42. The third kappa shape index (κ3) is 2.86. The average molecular weight is 283 g/mol. The Bertz CT molecular complexity index is 635. The van der Waals surface area contributed by atoms with Gasteiger partial charge in [0.15, 0.2) is 0 Å². The van der Waals surface area contributed by atoms with Crippen LogP contribution in [0.1, 0.15) is 40.5 Å². The normalized spacial score (nSPS) is 22.2. The van der Waals surface area contributed by atoms with Crippen LogP contribution < -0.4 is 5.32 Å². The van der Waals surface area contributed by atoms with Crippen LogP contribution in [0, 0.1) is 19.7 Å². The second-order valence-corrected chi connectivity index (χ2v) is 6.07. The lowest BCUT2D eigenvalue weighted by Gasteiger charge is -2.33. The summed E-state index contributed by atoms with van der Waals surface area (Å²) < 4.78 is 14.2. The summed E-state index contributed by atoms with van der Waals surface area (Å²) in [5.41, 5.74) is 4.81. The molecule has 2 aromatic carbocycles. The predicted octanol–water partition coefficient (Wildman–Crippen LogP) is 4.30. The summed E-state index contributed by atoms with van der Waals surface area (Å²) in [5.74, 6) is 0.518. The number of rotatable bonds is 2.